The van der Waals surface area contributed by atoms with Crippen molar-refractivity contribution in [1.29, 1.82) is 0 Å². The Hall–Kier alpha value is -1.74. The van der Waals surface area contributed by atoms with Gasteiger partial charge in [-0.05, 0) is 147 Å². The molecule has 6 nitrogen and oxygen atoms in total. The molecule has 1 unspecified atom stereocenters. The third-order valence-corrected chi connectivity index (χ3v) is 14.5. The molecule has 1 N–H and O–H groups in total. The van der Waals surface area contributed by atoms with E-state index in [0.717, 1.165) is 98.5 Å². The van der Waals surface area contributed by atoms with E-state index >= 15 is 0 Å². The number of carbonyl (C=O) groups is 2. The van der Waals surface area contributed by atoms with Crippen LogP contribution in [-0.4, -0.2) is 71.7 Å². The molecule has 2 spiro atoms. The van der Waals surface area contributed by atoms with Gasteiger partial charge in [-0.1, -0.05) is 56.1 Å². The number of nitrogens with zero attached hydrogens (tertiary/aromatic N) is 2. The average molecular weight is 783 g/mol. The Bertz CT molecular complexity index is 1500. The van der Waals surface area contributed by atoms with Crippen LogP contribution in [0.4, 0.5) is 0 Å². The number of ether oxygens (including phenoxy) is 1. The third-order valence-electron chi connectivity index (χ3n) is 13.2. The van der Waals surface area contributed by atoms with Crippen molar-refractivity contribution in [2.24, 2.45) is 22.7 Å². The zero-order valence-corrected chi connectivity index (χ0v) is 31.2. The molecule has 2 aromatic carbocycles. The Morgan fingerprint density at radius 3 is 2.08 bits per heavy atom. The Kier molecular flexibility index (Phi) is 9.34. The van der Waals surface area contributed by atoms with Gasteiger partial charge in [-0.25, -0.2) is 0 Å². The Morgan fingerprint density at radius 2 is 1.46 bits per heavy atom. The molecule has 0 radical (unpaired) electrons. The number of benzene rings is 2. The van der Waals surface area contributed by atoms with Crippen LogP contribution in [0.3, 0.4) is 0 Å². The summed E-state index contributed by atoms with van der Waals surface area (Å²) >= 11 is 7.33. The van der Waals surface area contributed by atoms with Crippen LogP contribution in [0.2, 0.25) is 0 Å². The number of likely N-dealkylation sites (tertiary alicyclic amines) is 2. The van der Waals surface area contributed by atoms with Crippen LogP contribution in [0, 0.1) is 22.7 Å². The molecular weight excluding hydrogens is 732 g/mol. The van der Waals surface area contributed by atoms with Crippen LogP contribution in [-0.2, 0) is 20.7 Å². The molecule has 2 aromatic rings. The molecule has 2 amide bonds. The molecule has 8 rings (SSSR count). The van der Waals surface area contributed by atoms with Crippen molar-refractivity contribution in [3.8, 4) is 0 Å². The first kappa shape index (κ1) is 33.4. The van der Waals surface area contributed by atoms with E-state index in [-0.39, 0.29) is 17.9 Å². The van der Waals surface area contributed by atoms with E-state index in [4.69, 9.17) is 4.74 Å². The van der Waals surface area contributed by atoms with Crippen molar-refractivity contribution < 1.29 is 19.4 Å². The zero-order valence-electron chi connectivity index (χ0n) is 28.1. The van der Waals surface area contributed by atoms with Crippen molar-refractivity contribution >= 4 is 43.7 Å². The lowest BCUT2D eigenvalue weighted by atomic mass is 9.86. The standard InChI is InChI=1S/C40H50Br2N2O4/c41-30-8-5-27(6-9-30)33-24-39(33)13-17-43(18-14-39)37(46)32(26-3-4-26)11-10-31(45)23-29-22-28(7-12-35(29)42)34-25-40(34)15-19-44(20-16-40)38(47)36-2-1-21-48-36/h5-9,12,22,26,31-34,36,45H,1-4,10-11,13-21,23-25H2/t31-,32-,33+,34?,36+/m0/s1. The second-order valence-electron chi connectivity index (χ2n) is 16.2. The minimum Gasteiger partial charge on any atom is -0.393 e. The van der Waals surface area contributed by atoms with E-state index in [1.54, 1.807) is 0 Å². The van der Waals surface area contributed by atoms with Gasteiger partial charge in [0, 0.05) is 47.6 Å². The highest BCUT2D eigenvalue weighted by molar-refractivity contribution is 9.10. The minimum atomic E-state index is -0.464. The van der Waals surface area contributed by atoms with Crippen LogP contribution in [0.5, 0.6) is 0 Å². The van der Waals surface area contributed by atoms with Crippen LogP contribution >= 0.6 is 31.9 Å². The Balaban J connectivity index is 0.822. The van der Waals surface area contributed by atoms with Crippen molar-refractivity contribution in [2.75, 3.05) is 32.8 Å². The molecule has 0 aromatic heterocycles. The third kappa shape index (κ3) is 6.81. The highest BCUT2D eigenvalue weighted by Gasteiger charge is 2.57. The second-order valence-corrected chi connectivity index (χ2v) is 17.9. The SMILES string of the molecule is O=C([C@@H](CC[C@H](O)Cc1cc(C2CC23CCN(C(=O)[C@H]2CCCO2)CC3)ccc1Br)C1CC1)N1CCC2(CC1)C[C@@H]2c1ccc(Br)cc1. The molecule has 3 aliphatic carbocycles. The van der Waals surface area contributed by atoms with Crippen molar-refractivity contribution in [3.63, 3.8) is 0 Å². The first-order valence-electron chi connectivity index (χ1n) is 18.6. The van der Waals surface area contributed by atoms with Crippen LogP contribution < -0.4 is 0 Å². The van der Waals surface area contributed by atoms with Gasteiger partial charge in [-0.3, -0.25) is 9.59 Å². The molecule has 5 atom stereocenters. The highest BCUT2D eigenvalue weighted by atomic mass is 79.9. The molecule has 8 heteroatoms. The second kappa shape index (κ2) is 13.4. The summed E-state index contributed by atoms with van der Waals surface area (Å²) in [4.78, 5) is 30.9. The van der Waals surface area contributed by atoms with Gasteiger partial charge < -0.3 is 19.6 Å². The van der Waals surface area contributed by atoms with E-state index < -0.39 is 6.10 Å². The molecule has 3 saturated carbocycles. The molecule has 6 aliphatic rings. The topological polar surface area (TPSA) is 70.1 Å². The van der Waals surface area contributed by atoms with Gasteiger partial charge in [0.25, 0.3) is 5.91 Å². The summed E-state index contributed by atoms with van der Waals surface area (Å²) < 4.78 is 7.84. The normalized spacial score (nSPS) is 28.4. The van der Waals surface area contributed by atoms with Gasteiger partial charge in [0.15, 0.2) is 0 Å². The number of hydrogen-bond acceptors (Lipinski definition) is 4. The number of aliphatic hydroxyl groups is 1. The van der Waals surface area contributed by atoms with Crippen LogP contribution in [0.15, 0.2) is 51.4 Å². The fraction of sp³-hybridized carbons (Fsp3) is 0.650. The number of piperidine rings is 2. The maximum atomic E-state index is 13.8. The first-order chi connectivity index (χ1) is 23.2. The van der Waals surface area contributed by atoms with Crippen LogP contribution in [0.25, 0.3) is 0 Å². The average Bonchev–Trinajstić information content (AvgIpc) is 4.07. The fourth-order valence-electron chi connectivity index (χ4n) is 9.75. The molecule has 3 saturated heterocycles. The molecular formula is C40H50Br2N2O4. The predicted octanol–water partition coefficient (Wildman–Crippen LogP) is 7.99. The number of carbonyl (C=O) groups excluding carboxylic acids is 2. The molecule has 3 aliphatic heterocycles. The quantitative estimate of drug-likeness (QED) is 0.266. The van der Waals surface area contributed by atoms with Gasteiger partial charge >= 0.3 is 0 Å². The van der Waals surface area contributed by atoms with E-state index in [9.17, 15) is 14.7 Å². The smallest absolute Gasteiger partial charge is 0.251 e. The monoisotopic (exact) mass is 780 g/mol. The summed E-state index contributed by atoms with van der Waals surface area (Å²) in [6.07, 6.45) is 12.3. The van der Waals surface area contributed by atoms with Crippen molar-refractivity contribution in [1.82, 2.24) is 9.80 Å². The number of halogens is 2. The van der Waals surface area contributed by atoms with Crippen LogP contribution in [0.1, 0.15) is 106 Å². The summed E-state index contributed by atoms with van der Waals surface area (Å²) in [5.41, 5.74) is 4.67. The predicted molar refractivity (Wildman–Crippen MR) is 194 cm³/mol. The molecule has 258 valence electrons. The number of rotatable bonds is 10. The molecule has 0 bridgehead atoms. The van der Waals surface area contributed by atoms with Gasteiger partial charge in [0.05, 0.1) is 6.10 Å². The lowest BCUT2D eigenvalue weighted by Crippen LogP contribution is -2.44. The van der Waals surface area contributed by atoms with Gasteiger partial charge in [-0.15, -0.1) is 0 Å². The zero-order chi connectivity index (χ0) is 33.0. The summed E-state index contributed by atoms with van der Waals surface area (Å²) in [5.74, 6) is 2.24. The lowest BCUT2D eigenvalue weighted by Gasteiger charge is -2.35. The van der Waals surface area contributed by atoms with Gasteiger partial charge in [0.2, 0.25) is 5.91 Å². The highest BCUT2D eigenvalue weighted by Crippen LogP contribution is 2.66. The Labute approximate surface area is 302 Å². The molecule has 3 heterocycles. The lowest BCUT2D eigenvalue weighted by molar-refractivity contribution is -0.142. The Morgan fingerprint density at radius 1 is 0.833 bits per heavy atom. The maximum absolute atomic E-state index is 13.8. The summed E-state index contributed by atoms with van der Waals surface area (Å²) in [6, 6.07) is 15.5. The summed E-state index contributed by atoms with van der Waals surface area (Å²) in [5, 5.41) is 11.3. The van der Waals surface area contributed by atoms with Crippen molar-refractivity contribution in [3.05, 3.63) is 68.1 Å². The van der Waals surface area contributed by atoms with E-state index in [1.165, 1.54) is 24.0 Å². The molecule has 6 fully saturated rings. The largest absolute Gasteiger partial charge is 0.393 e. The fourth-order valence-corrected chi connectivity index (χ4v) is 10.4. The van der Waals surface area contributed by atoms with Gasteiger partial charge in [-0.2, -0.15) is 0 Å². The maximum Gasteiger partial charge on any atom is 0.251 e. The number of amides is 2. The molecule has 48 heavy (non-hydrogen) atoms. The van der Waals surface area contributed by atoms with Gasteiger partial charge in [0.1, 0.15) is 6.10 Å². The van der Waals surface area contributed by atoms with E-state index in [0.29, 0.717) is 53.9 Å². The summed E-state index contributed by atoms with van der Waals surface area (Å²) in [6.45, 7) is 4.14. The minimum absolute atomic E-state index is 0.0502. The first-order valence-corrected chi connectivity index (χ1v) is 20.2. The van der Waals surface area contributed by atoms with Crippen molar-refractivity contribution in [2.45, 2.75) is 108 Å². The number of aliphatic hydroxyl groups excluding tert-OH is 1. The van der Waals surface area contributed by atoms with E-state index in [1.807, 2.05) is 4.90 Å². The summed E-state index contributed by atoms with van der Waals surface area (Å²) in [7, 11) is 0. The number of hydrogen-bond donors (Lipinski definition) is 1. The van der Waals surface area contributed by atoms with E-state index in [2.05, 4.69) is 79.2 Å².